The van der Waals surface area contributed by atoms with Crippen molar-refractivity contribution in [2.75, 3.05) is 7.11 Å². The summed E-state index contributed by atoms with van der Waals surface area (Å²) in [5, 5.41) is 4.18. The van der Waals surface area contributed by atoms with E-state index in [-0.39, 0.29) is 0 Å². The van der Waals surface area contributed by atoms with Gasteiger partial charge < -0.3 is 4.74 Å². The number of nitrogens with zero attached hydrogens (tertiary/aromatic N) is 4. The number of methoxy groups -OCH3 is 1. The highest BCUT2D eigenvalue weighted by Crippen LogP contribution is 2.29. The largest absolute Gasteiger partial charge is 0.496 e. The monoisotopic (exact) mass is 266 g/mol. The van der Waals surface area contributed by atoms with Gasteiger partial charge in [0.25, 0.3) is 0 Å². The number of ether oxygens (including phenoxy) is 1. The molecule has 0 aliphatic rings. The molecule has 0 fully saturated rings. The van der Waals surface area contributed by atoms with Crippen molar-refractivity contribution < 1.29 is 4.74 Å². The zero-order chi connectivity index (χ0) is 13.9. The SMILES string of the molecule is COc1ccc(C)cc1-c1cc(-n2cccn2)ncn1. The van der Waals surface area contributed by atoms with E-state index in [4.69, 9.17) is 4.74 Å². The Labute approximate surface area is 116 Å². The van der Waals surface area contributed by atoms with Gasteiger partial charge in [-0.1, -0.05) is 11.6 Å². The third-order valence-electron chi connectivity index (χ3n) is 3.02. The summed E-state index contributed by atoms with van der Waals surface area (Å²) in [6.45, 7) is 2.04. The van der Waals surface area contributed by atoms with Crippen LogP contribution in [0.2, 0.25) is 0 Å². The van der Waals surface area contributed by atoms with Crippen LogP contribution in [0.5, 0.6) is 5.75 Å². The van der Waals surface area contributed by atoms with Crippen molar-refractivity contribution in [3.05, 3.63) is 54.6 Å². The van der Waals surface area contributed by atoms with Crippen molar-refractivity contribution in [2.45, 2.75) is 6.92 Å². The zero-order valence-corrected chi connectivity index (χ0v) is 11.3. The molecule has 0 saturated carbocycles. The van der Waals surface area contributed by atoms with Crippen molar-refractivity contribution in [3.8, 4) is 22.8 Å². The molecule has 0 aliphatic carbocycles. The molecule has 0 N–H and O–H groups in total. The maximum absolute atomic E-state index is 5.40. The summed E-state index contributed by atoms with van der Waals surface area (Å²) < 4.78 is 7.10. The van der Waals surface area contributed by atoms with Crippen LogP contribution in [0.1, 0.15) is 5.56 Å². The van der Waals surface area contributed by atoms with Gasteiger partial charge in [-0.15, -0.1) is 0 Å². The molecular formula is C15H14N4O. The Morgan fingerprint density at radius 2 is 2.05 bits per heavy atom. The predicted octanol–water partition coefficient (Wildman–Crippen LogP) is 2.65. The molecule has 20 heavy (non-hydrogen) atoms. The lowest BCUT2D eigenvalue weighted by molar-refractivity contribution is 0.416. The lowest BCUT2D eigenvalue weighted by atomic mass is 10.1. The molecule has 5 nitrogen and oxygen atoms in total. The summed E-state index contributed by atoms with van der Waals surface area (Å²) >= 11 is 0. The number of hydrogen-bond donors (Lipinski definition) is 0. The number of aryl methyl sites for hydroxylation is 1. The van der Waals surface area contributed by atoms with Crippen molar-refractivity contribution in [1.82, 2.24) is 19.7 Å². The second-order valence-corrected chi connectivity index (χ2v) is 4.42. The minimum atomic E-state index is 0.726. The summed E-state index contributed by atoms with van der Waals surface area (Å²) in [6, 6.07) is 9.76. The topological polar surface area (TPSA) is 52.8 Å². The molecular weight excluding hydrogens is 252 g/mol. The molecule has 0 aliphatic heterocycles. The van der Waals surface area contributed by atoms with Gasteiger partial charge in [0.2, 0.25) is 0 Å². The Balaban J connectivity index is 2.11. The molecule has 0 saturated heterocycles. The maximum Gasteiger partial charge on any atom is 0.157 e. The Morgan fingerprint density at radius 3 is 2.80 bits per heavy atom. The molecule has 0 unspecified atom stereocenters. The molecule has 3 rings (SSSR count). The Hall–Kier alpha value is -2.69. The molecule has 0 amide bonds. The number of hydrogen-bond acceptors (Lipinski definition) is 4. The highest BCUT2D eigenvalue weighted by molar-refractivity contribution is 5.68. The lowest BCUT2D eigenvalue weighted by Gasteiger charge is -2.09. The highest BCUT2D eigenvalue weighted by Gasteiger charge is 2.09. The summed E-state index contributed by atoms with van der Waals surface area (Å²) in [4.78, 5) is 8.57. The maximum atomic E-state index is 5.40. The van der Waals surface area contributed by atoms with Gasteiger partial charge in [-0.25, -0.2) is 14.6 Å². The third kappa shape index (κ3) is 2.25. The van der Waals surface area contributed by atoms with Crippen molar-refractivity contribution in [2.24, 2.45) is 0 Å². The van der Waals surface area contributed by atoms with Gasteiger partial charge in [-0.05, 0) is 25.1 Å². The molecule has 0 radical (unpaired) electrons. The first-order valence-electron chi connectivity index (χ1n) is 6.25. The Kier molecular flexibility index (Phi) is 3.16. The van der Waals surface area contributed by atoms with Gasteiger partial charge in [0, 0.05) is 24.0 Å². The Bertz CT molecular complexity index is 722. The predicted molar refractivity (Wildman–Crippen MR) is 75.9 cm³/mol. The molecule has 3 aromatic rings. The average Bonchev–Trinajstić information content (AvgIpc) is 3.01. The van der Waals surface area contributed by atoms with Gasteiger partial charge in [-0.3, -0.25) is 0 Å². The normalized spacial score (nSPS) is 10.5. The van der Waals surface area contributed by atoms with Gasteiger partial charge in [0.1, 0.15) is 12.1 Å². The van der Waals surface area contributed by atoms with Gasteiger partial charge in [0.05, 0.1) is 12.8 Å². The van der Waals surface area contributed by atoms with Crippen molar-refractivity contribution in [1.29, 1.82) is 0 Å². The molecule has 2 heterocycles. The van der Waals surface area contributed by atoms with Crippen LogP contribution in [0.3, 0.4) is 0 Å². The molecule has 100 valence electrons. The van der Waals surface area contributed by atoms with Crippen LogP contribution < -0.4 is 4.74 Å². The fourth-order valence-electron chi connectivity index (χ4n) is 2.05. The first-order chi connectivity index (χ1) is 9.78. The van der Waals surface area contributed by atoms with Gasteiger partial charge in [0.15, 0.2) is 5.82 Å². The standard InChI is InChI=1S/C15H14N4O/c1-11-4-5-14(20-2)12(8-11)13-9-15(17-10-16-13)19-7-3-6-18-19/h3-10H,1-2H3. The third-order valence-corrected chi connectivity index (χ3v) is 3.02. The van der Waals surface area contributed by atoms with Crippen LogP contribution in [0, 0.1) is 6.92 Å². The lowest BCUT2D eigenvalue weighted by Crippen LogP contribution is -2.00. The van der Waals surface area contributed by atoms with Crippen LogP contribution in [-0.2, 0) is 0 Å². The second kappa shape index (κ2) is 5.13. The van der Waals surface area contributed by atoms with Crippen LogP contribution in [0.15, 0.2) is 49.1 Å². The second-order valence-electron chi connectivity index (χ2n) is 4.42. The van der Waals surface area contributed by atoms with E-state index in [2.05, 4.69) is 15.1 Å². The van der Waals surface area contributed by atoms with Crippen LogP contribution in [0.4, 0.5) is 0 Å². The number of rotatable bonds is 3. The zero-order valence-electron chi connectivity index (χ0n) is 11.3. The summed E-state index contributed by atoms with van der Waals surface area (Å²) in [5.41, 5.74) is 2.91. The fraction of sp³-hybridized carbons (Fsp3) is 0.133. The van der Waals surface area contributed by atoms with Crippen molar-refractivity contribution >= 4 is 0 Å². The molecule has 0 atom stereocenters. The average molecular weight is 266 g/mol. The van der Waals surface area contributed by atoms with E-state index in [0.29, 0.717) is 0 Å². The molecule has 1 aromatic carbocycles. The quantitative estimate of drug-likeness (QED) is 0.731. The number of aromatic nitrogens is 4. The van der Waals surface area contributed by atoms with Gasteiger partial charge in [-0.2, -0.15) is 5.10 Å². The van der Waals surface area contributed by atoms with E-state index in [1.54, 1.807) is 18.0 Å². The smallest absolute Gasteiger partial charge is 0.157 e. The molecule has 2 aromatic heterocycles. The Morgan fingerprint density at radius 1 is 1.15 bits per heavy atom. The van der Waals surface area contributed by atoms with E-state index in [0.717, 1.165) is 28.4 Å². The highest BCUT2D eigenvalue weighted by atomic mass is 16.5. The molecule has 0 bridgehead atoms. The first-order valence-corrected chi connectivity index (χ1v) is 6.25. The fourth-order valence-corrected chi connectivity index (χ4v) is 2.05. The van der Waals surface area contributed by atoms with Crippen LogP contribution in [-0.4, -0.2) is 26.9 Å². The van der Waals surface area contributed by atoms with Crippen molar-refractivity contribution in [3.63, 3.8) is 0 Å². The summed E-state index contributed by atoms with van der Waals surface area (Å²) in [5.74, 6) is 1.52. The van der Waals surface area contributed by atoms with E-state index >= 15 is 0 Å². The molecule has 5 heteroatoms. The summed E-state index contributed by atoms with van der Waals surface area (Å²) in [6.07, 6.45) is 5.10. The van der Waals surface area contributed by atoms with Crippen LogP contribution >= 0.6 is 0 Å². The van der Waals surface area contributed by atoms with E-state index in [1.165, 1.54) is 6.33 Å². The minimum Gasteiger partial charge on any atom is -0.496 e. The summed E-state index contributed by atoms with van der Waals surface area (Å²) in [7, 11) is 1.66. The minimum absolute atomic E-state index is 0.726. The number of benzene rings is 1. The van der Waals surface area contributed by atoms with Gasteiger partial charge >= 0.3 is 0 Å². The van der Waals surface area contributed by atoms with E-state index in [1.807, 2.05) is 43.5 Å². The first kappa shape index (κ1) is 12.3. The van der Waals surface area contributed by atoms with E-state index in [9.17, 15) is 0 Å². The van der Waals surface area contributed by atoms with Crippen LogP contribution in [0.25, 0.3) is 17.1 Å². The molecule has 0 spiro atoms. The van der Waals surface area contributed by atoms with E-state index < -0.39 is 0 Å².